The van der Waals surface area contributed by atoms with Crippen LogP contribution in [0.3, 0.4) is 0 Å². The first kappa shape index (κ1) is 29.7. The number of carbonyl (C=O) groups is 1. The highest BCUT2D eigenvalue weighted by Gasteiger charge is 2.66. The van der Waals surface area contributed by atoms with Crippen molar-refractivity contribution >= 4 is 29.1 Å². The summed E-state index contributed by atoms with van der Waals surface area (Å²) in [5.41, 5.74) is -1.87. The number of nitriles is 1. The molecule has 0 bridgehead atoms. The van der Waals surface area contributed by atoms with Gasteiger partial charge >= 0.3 is 0 Å². The summed E-state index contributed by atoms with van der Waals surface area (Å²) in [5, 5.41) is 30.1. The molecule has 2 aliphatic rings. The van der Waals surface area contributed by atoms with Crippen LogP contribution < -0.4 is 0 Å². The molecule has 0 aliphatic carbocycles. The zero-order chi connectivity index (χ0) is 28.7. The van der Waals surface area contributed by atoms with Crippen molar-refractivity contribution in [1.29, 1.82) is 5.26 Å². The largest absolute Gasteiger partial charge is 0.394 e. The molecule has 2 N–H and O–H groups in total. The van der Waals surface area contributed by atoms with E-state index in [1.807, 2.05) is 25.7 Å². The second kappa shape index (κ2) is 11.3. The van der Waals surface area contributed by atoms with E-state index in [0.29, 0.717) is 19.5 Å². The number of nitrogens with zero attached hydrogens (tertiary/aromatic N) is 3. The Bertz CT molecular complexity index is 1280. The summed E-state index contributed by atoms with van der Waals surface area (Å²) in [6, 6.07) is 9.33. The van der Waals surface area contributed by atoms with Gasteiger partial charge in [-0.15, -0.1) is 0 Å². The van der Waals surface area contributed by atoms with Gasteiger partial charge in [0.15, 0.2) is 0 Å². The molecule has 2 aromatic carbocycles. The molecule has 2 aliphatic heterocycles. The number of halogens is 4. The Morgan fingerprint density at radius 2 is 1.92 bits per heavy atom. The zero-order valence-corrected chi connectivity index (χ0v) is 23.7. The van der Waals surface area contributed by atoms with Gasteiger partial charge in [-0.1, -0.05) is 62.2 Å². The number of benzene rings is 2. The van der Waals surface area contributed by atoms with E-state index in [0.717, 1.165) is 6.07 Å². The number of amides is 1. The highest BCUT2D eigenvalue weighted by Crippen LogP contribution is 2.57. The predicted octanol–water partition coefficient (Wildman–Crippen LogP) is 4.89. The summed E-state index contributed by atoms with van der Waals surface area (Å²) in [5.74, 6) is -2.90. The third-order valence-corrected chi connectivity index (χ3v) is 8.44. The Labute approximate surface area is 237 Å². The lowest BCUT2D eigenvalue weighted by Gasteiger charge is -2.42. The molecular weight excluding hydrogens is 547 g/mol. The van der Waals surface area contributed by atoms with Gasteiger partial charge < -0.3 is 15.1 Å². The highest BCUT2D eigenvalue weighted by atomic mass is 35.5. The van der Waals surface area contributed by atoms with Crippen LogP contribution in [-0.2, 0) is 10.2 Å². The number of piperazine rings is 1. The van der Waals surface area contributed by atoms with E-state index in [9.17, 15) is 20.3 Å². The minimum atomic E-state index is -1.66. The minimum absolute atomic E-state index is 0.0532. The number of fused-ring (bicyclic) bond motifs is 1. The maximum absolute atomic E-state index is 15.8. The molecule has 39 heavy (non-hydrogen) atoms. The molecule has 1 amide bonds. The summed E-state index contributed by atoms with van der Waals surface area (Å²) in [7, 11) is 0. The fraction of sp³-hybridized carbons (Fsp3) is 0.517. The van der Waals surface area contributed by atoms with Crippen molar-refractivity contribution < 1.29 is 23.8 Å². The molecule has 0 aromatic heterocycles. The number of aliphatic hydroxyl groups excluding tert-OH is 2. The average Bonchev–Trinajstić information content (AvgIpc) is 3.14. The second-order valence-corrected chi connectivity index (χ2v) is 12.5. The van der Waals surface area contributed by atoms with Gasteiger partial charge in [-0.25, -0.2) is 8.78 Å². The van der Waals surface area contributed by atoms with Gasteiger partial charge in [0.2, 0.25) is 5.91 Å². The lowest BCUT2D eigenvalue weighted by Crippen LogP contribution is -2.58. The van der Waals surface area contributed by atoms with Gasteiger partial charge in [0.1, 0.15) is 17.0 Å². The Morgan fingerprint density at radius 3 is 2.54 bits per heavy atom. The van der Waals surface area contributed by atoms with Crippen molar-refractivity contribution in [1.82, 2.24) is 9.80 Å². The van der Waals surface area contributed by atoms with Crippen LogP contribution in [0.5, 0.6) is 0 Å². The quantitative estimate of drug-likeness (QED) is 0.487. The van der Waals surface area contributed by atoms with Gasteiger partial charge in [-0.2, -0.15) is 5.26 Å². The third kappa shape index (κ3) is 5.40. The number of carbonyl (C=O) groups excluding carboxylic acids is 1. The van der Waals surface area contributed by atoms with E-state index in [-0.39, 0.29) is 45.5 Å². The first-order valence-corrected chi connectivity index (χ1v) is 13.8. The third-order valence-electron chi connectivity index (χ3n) is 7.91. The van der Waals surface area contributed by atoms with Gasteiger partial charge in [0.05, 0.1) is 29.8 Å². The van der Waals surface area contributed by atoms with Crippen molar-refractivity contribution in [2.45, 2.75) is 63.1 Å². The molecule has 0 spiro atoms. The van der Waals surface area contributed by atoms with Crippen LogP contribution in [0.1, 0.15) is 50.7 Å². The maximum Gasteiger partial charge on any atom is 0.240 e. The van der Waals surface area contributed by atoms with E-state index < -0.39 is 47.8 Å². The lowest BCUT2D eigenvalue weighted by molar-refractivity contribution is -0.142. The van der Waals surface area contributed by atoms with Crippen LogP contribution in [0.25, 0.3) is 0 Å². The topological polar surface area (TPSA) is 87.8 Å². The normalized spacial score (nSPS) is 26.4. The second-order valence-electron chi connectivity index (χ2n) is 11.6. The van der Waals surface area contributed by atoms with Crippen molar-refractivity contribution in [3.63, 3.8) is 0 Å². The molecule has 2 heterocycles. The van der Waals surface area contributed by atoms with Crippen LogP contribution in [0.2, 0.25) is 10.0 Å². The van der Waals surface area contributed by atoms with Crippen LogP contribution in [0, 0.1) is 28.4 Å². The molecule has 2 saturated heterocycles. The van der Waals surface area contributed by atoms with Crippen molar-refractivity contribution in [3.05, 3.63) is 69.2 Å². The van der Waals surface area contributed by atoms with Crippen molar-refractivity contribution in [2.75, 3.05) is 26.2 Å². The fourth-order valence-electron chi connectivity index (χ4n) is 6.24. The number of rotatable bonds is 7. The summed E-state index contributed by atoms with van der Waals surface area (Å²) < 4.78 is 31.6. The van der Waals surface area contributed by atoms with Crippen LogP contribution in [0.4, 0.5) is 8.78 Å². The standard InChI is InChI=1S/C29H33Cl2F2N3O3/c1-28(2,3)14-23-29(16-34,20-8-7-17(30)13-22(20)32)24(19-5-4-6-21(31)25(19)33)26-27(39)35(11-12-36(23)26)10-9-18(38)15-37/h4-8,13,18,23-24,26,37-38H,9-12,14-15H2,1-3H3/t18-,23+,24+,26-,29+/m0/s1. The van der Waals surface area contributed by atoms with Crippen LogP contribution in [-0.4, -0.2) is 70.3 Å². The van der Waals surface area contributed by atoms with Gasteiger partial charge in [0, 0.05) is 42.2 Å². The summed E-state index contributed by atoms with van der Waals surface area (Å²) in [4.78, 5) is 17.6. The van der Waals surface area contributed by atoms with E-state index in [4.69, 9.17) is 23.2 Å². The highest BCUT2D eigenvalue weighted by molar-refractivity contribution is 6.31. The zero-order valence-electron chi connectivity index (χ0n) is 22.2. The molecule has 4 rings (SSSR count). The lowest BCUT2D eigenvalue weighted by atomic mass is 9.62. The molecule has 2 aromatic rings. The van der Waals surface area contributed by atoms with Crippen molar-refractivity contribution in [2.24, 2.45) is 5.41 Å². The van der Waals surface area contributed by atoms with Gasteiger partial charge in [-0.05, 0) is 42.0 Å². The van der Waals surface area contributed by atoms with E-state index >= 15 is 8.78 Å². The Kier molecular flexibility index (Phi) is 8.61. The first-order chi connectivity index (χ1) is 18.4. The molecular formula is C29H33Cl2F2N3O3. The molecule has 0 saturated carbocycles. The Balaban J connectivity index is 1.98. The van der Waals surface area contributed by atoms with Crippen molar-refractivity contribution in [3.8, 4) is 6.07 Å². The summed E-state index contributed by atoms with van der Waals surface area (Å²) in [6.07, 6.45) is -0.407. The van der Waals surface area contributed by atoms with E-state index in [1.54, 1.807) is 11.0 Å². The van der Waals surface area contributed by atoms with Crippen LogP contribution in [0.15, 0.2) is 36.4 Å². The molecule has 0 unspecified atom stereocenters. The number of aliphatic hydroxyl groups is 2. The van der Waals surface area contributed by atoms with Crippen LogP contribution >= 0.6 is 23.2 Å². The number of hydrogen-bond donors (Lipinski definition) is 2. The first-order valence-electron chi connectivity index (χ1n) is 13.0. The average molecular weight is 581 g/mol. The van der Waals surface area contributed by atoms with E-state index in [1.165, 1.54) is 24.3 Å². The molecule has 2 fully saturated rings. The maximum atomic E-state index is 15.8. The van der Waals surface area contributed by atoms with Gasteiger partial charge in [-0.3, -0.25) is 9.69 Å². The molecule has 5 atom stereocenters. The SMILES string of the molecule is CC(C)(C)C[C@H]1N2CCN(CC[C@H](O)CO)C(=O)[C@@H]2[C@@H](c2cccc(Cl)c2F)[C@]1(C#N)c1ccc(Cl)cc1F. The Morgan fingerprint density at radius 1 is 1.21 bits per heavy atom. The minimum Gasteiger partial charge on any atom is -0.394 e. The predicted molar refractivity (Wildman–Crippen MR) is 145 cm³/mol. The Hall–Kier alpha value is -2.28. The van der Waals surface area contributed by atoms with Gasteiger partial charge in [0.25, 0.3) is 0 Å². The monoisotopic (exact) mass is 579 g/mol. The summed E-state index contributed by atoms with van der Waals surface area (Å²) >= 11 is 12.3. The molecule has 0 radical (unpaired) electrons. The molecule has 10 heteroatoms. The fourth-order valence-corrected chi connectivity index (χ4v) is 6.59. The molecule has 6 nitrogen and oxygen atoms in total. The number of hydrogen-bond acceptors (Lipinski definition) is 5. The summed E-state index contributed by atoms with van der Waals surface area (Å²) in [6.45, 7) is 6.43. The smallest absolute Gasteiger partial charge is 0.240 e. The van der Waals surface area contributed by atoms with E-state index in [2.05, 4.69) is 6.07 Å². The molecule has 210 valence electrons.